The zero-order valence-electron chi connectivity index (χ0n) is 16.7. The van der Waals surface area contributed by atoms with Gasteiger partial charge in [0.1, 0.15) is 15.7 Å². The molecule has 0 bridgehead atoms. The molecule has 10 heteroatoms. The highest BCUT2D eigenvalue weighted by molar-refractivity contribution is 14.0. The third kappa shape index (κ3) is 8.55. The Kier molecular flexibility index (Phi) is 9.87. The second-order valence-electron chi connectivity index (χ2n) is 6.69. The average Bonchev–Trinajstić information content (AvgIpc) is 2.94. The minimum Gasteiger partial charge on any atom is -0.354 e. The number of aliphatic imine (C=N–C) groups is 1. The number of guanidine groups is 1. The fourth-order valence-corrected chi connectivity index (χ4v) is 3.15. The zero-order chi connectivity index (χ0) is 19.9. The number of nitrogens with one attached hydrogen (secondary N) is 2. The summed E-state index contributed by atoms with van der Waals surface area (Å²) in [6.45, 7) is 4.83. The van der Waals surface area contributed by atoms with Gasteiger partial charge in [-0.3, -0.25) is 0 Å². The Hall–Kier alpha value is -1.69. The van der Waals surface area contributed by atoms with Crippen molar-refractivity contribution in [2.45, 2.75) is 39.4 Å². The van der Waals surface area contributed by atoms with Gasteiger partial charge in [-0.25, -0.2) is 13.4 Å². The summed E-state index contributed by atoms with van der Waals surface area (Å²) in [6.07, 6.45) is 1.76. The van der Waals surface area contributed by atoms with Gasteiger partial charge < -0.3 is 15.2 Å². The van der Waals surface area contributed by atoms with E-state index >= 15 is 0 Å². The molecule has 0 aliphatic carbocycles. The van der Waals surface area contributed by atoms with E-state index in [0.29, 0.717) is 25.5 Å². The lowest BCUT2D eigenvalue weighted by atomic mass is 10.2. The van der Waals surface area contributed by atoms with Crippen LogP contribution in [0.25, 0.3) is 0 Å². The molecule has 28 heavy (non-hydrogen) atoms. The molecule has 0 fully saturated rings. The maximum atomic E-state index is 11.4. The highest BCUT2D eigenvalue weighted by atomic mass is 127. The van der Waals surface area contributed by atoms with Crippen LogP contribution in [-0.2, 0) is 30.0 Å². The van der Waals surface area contributed by atoms with Crippen molar-refractivity contribution in [3.05, 3.63) is 47.5 Å². The van der Waals surface area contributed by atoms with Crippen LogP contribution in [-0.4, -0.2) is 47.2 Å². The highest BCUT2D eigenvalue weighted by Gasteiger charge is 2.11. The number of aryl methyl sites for hydroxylation is 1. The van der Waals surface area contributed by atoms with Crippen LogP contribution >= 0.6 is 24.0 Å². The van der Waals surface area contributed by atoms with Gasteiger partial charge in [-0.15, -0.1) is 34.2 Å². The predicted molar refractivity (Wildman–Crippen MR) is 123 cm³/mol. The second-order valence-corrected chi connectivity index (χ2v) is 8.95. The first-order chi connectivity index (χ1) is 12.7. The average molecular weight is 520 g/mol. The Labute approximate surface area is 184 Å². The van der Waals surface area contributed by atoms with Crippen molar-refractivity contribution in [1.82, 2.24) is 25.4 Å². The van der Waals surface area contributed by atoms with Crippen molar-refractivity contribution >= 4 is 39.8 Å². The van der Waals surface area contributed by atoms with Crippen molar-refractivity contribution < 1.29 is 8.42 Å². The lowest BCUT2D eigenvalue weighted by Gasteiger charge is -2.18. The first-order valence-electron chi connectivity index (χ1n) is 8.86. The van der Waals surface area contributed by atoms with Crippen LogP contribution in [0.1, 0.15) is 30.6 Å². The number of nitrogens with zero attached hydrogens (tertiary/aromatic N) is 4. The molecule has 1 atom stereocenters. The molecule has 1 heterocycles. The highest BCUT2D eigenvalue weighted by Crippen LogP contribution is 2.02. The normalized spacial score (nSPS) is 12.9. The SMILES string of the molecule is Cc1nnc(CNC(=NCc2ccccc2)NC(C)CCS(C)(=O)=O)n1C.I. The molecule has 0 aliphatic heterocycles. The van der Waals surface area contributed by atoms with Gasteiger partial charge in [0.25, 0.3) is 0 Å². The van der Waals surface area contributed by atoms with Crippen molar-refractivity contribution in [3.8, 4) is 0 Å². The zero-order valence-corrected chi connectivity index (χ0v) is 19.9. The fraction of sp³-hybridized carbons (Fsp3) is 0.500. The van der Waals surface area contributed by atoms with Crippen LogP contribution in [0.15, 0.2) is 35.3 Å². The lowest BCUT2D eigenvalue weighted by molar-refractivity contribution is 0.579. The molecule has 2 rings (SSSR count). The monoisotopic (exact) mass is 520 g/mol. The van der Waals surface area contributed by atoms with Gasteiger partial charge in [-0.2, -0.15) is 0 Å². The van der Waals surface area contributed by atoms with Crippen molar-refractivity contribution in [2.75, 3.05) is 12.0 Å². The first kappa shape index (κ1) is 24.3. The molecule has 8 nitrogen and oxygen atoms in total. The molecular formula is C18H29IN6O2S. The third-order valence-corrected chi connectivity index (χ3v) is 5.14. The van der Waals surface area contributed by atoms with Gasteiger partial charge in [0.2, 0.25) is 0 Å². The molecule has 1 unspecified atom stereocenters. The van der Waals surface area contributed by atoms with Gasteiger partial charge in [-0.05, 0) is 25.8 Å². The number of hydrogen-bond acceptors (Lipinski definition) is 5. The summed E-state index contributed by atoms with van der Waals surface area (Å²) in [5.41, 5.74) is 1.09. The topological polar surface area (TPSA) is 101 Å². The van der Waals surface area contributed by atoms with Gasteiger partial charge in [0.05, 0.1) is 18.8 Å². The van der Waals surface area contributed by atoms with E-state index in [2.05, 4.69) is 25.8 Å². The van der Waals surface area contributed by atoms with Crippen molar-refractivity contribution in [2.24, 2.45) is 12.0 Å². The Bertz CT molecular complexity index is 867. The molecule has 1 aromatic heterocycles. The van der Waals surface area contributed by atoms with E-state index in [9.17, 15) is 8.42 Å². The van der Waals surface area contributed by atoms with E-state index in [0.717, 1.165) is 17.2 Å². The Morgan fingerprint density at radius 2 is 1.93 bits per heavy atom. The smallest absolute Gasteiger partial charge is 0.192 e. The van der Waals surface area contributed by atoms with Crippen LogP contribution < -0.4 is 10.6 Å². The number of halogens is 1. The molecule has 0 saturated carbocycles. The van der Waals surface area contributed by atoms with E-state index in [1.165, 1.54) is 6.26 Å². The molecule has 0 radical (unpaired) electrons. The molecule has 0 aliphatic rings. The van der Waals surface area contributed by atoms with E-state index < -0.39 is 9.84 Å². The number of aromatic nitrogens is 3. The lowest BCUT2D eigenvalue weighted by Crippen LogP contribution is -2.43. The van der Waals surface area contributed by atoms with Crippen LogP contribution in [0.4, 0.5) is 0 Å². The number of hydrogen-bond donors (Lipinski definition) is 2. The molecule has 2 N–H and O–H groups in total. The summed E-state index contributed by atoms with van der Waals surface area (Å²) < 4.78 is 24.7. The molecule has 0 saturated heterocycles. The summed E-state index contributed by atoms with van der Waals surface area (Å²) in [6, 6.07) is 9.91. The Morgan fingerprint density at radius 1 is 1.25 bits per heavy atom. The molecule has 2 aromatic rings. The van der Waals surface area contributed by atoms with Crippen LogP contribution in [0.2, 0.25) is 0 Å². The van der Waals surface area contributed by atoms with Crippen molar-refractivity contribution in [3.63, 3.8) is 0 Å². The van der Waals surface area contributed by atoms with Gasteiger partial charge in [0.15, 0.2) is 11.8 Å². The number of sulfone groups is 1. The molecular weight excluding hydrogens is 491 g/mol. The van der Waals surface area contributed by atoms with Crippen LogP contribution in [0.5, 0.6) is 0 Å². The quantitative estimate of drug-likeness (QED) is 0.313. The molecule has 156 valence electrons. The summed E-state index contributed by atoms with van der Waals surface area (Å²) in [5.74, 6) is 2.38. The largest absolute Gasteiger partial charge is 0.354 e. The number of benzene rings is 1. The summed E-state index contributed by atoms with van der Waals surface area (Å²) >= 11 is 0. The molecule has 1 aromatic carbocycles. The molecule has 0 amide bonds. The molecule has 0 spiro atoms. The van der Waals surface area contributed by atoms with Gasteiger partial charge in [-0.1, -0.05) is 30.3 Å². The Morgan fingerprint density at radius 3 is 2.50 bits per heavy atom. The Balaban J connectivity index is 0.00000392. The van der Waals surface area contributed by atoms with Gasteiger partial charge >= 0.3 is 0 Å². The van der Waals surface area contributed by atoms with Crippen LogP contribution in [0, 0.1) is 6.92 Å². The summed E-state index contributed by atoms with van der Waals surface area (Å²) in [4.78, 5) is 4.62. The van der Waals surface area contributed by atoms with Gasteiger partial charge in [0, 0.05) is 19.3 Å². The maximum absolute atomic E-state index is 11.4. The summed E-state index contributed by atoms with van der Waals surface area (Å²) in [7, 11) is -1.08. The first-order valence-corrected chi connectivity index (χ1v) is 10.9. The van der Waals surface area contributed by atoms with E-state index in [-0.39, 0.29) is 35.8 Å². The predicted octanol–water partition coefficient (Wildman–Crippen LogP) is 1.80. The number of rotatable bonds is 8. The van der Waals surface area contributed by atoms with Crippen LogP contribution in [0.3, 0.4) is 0 Å². The van der Waals surface area contributed by atoms with E-state index in [1.54, 1.807) is 0 Å². The fourth-order valence-electron chi connectivity index (χ4n) is 2.37. The standard InChI is InChI=1S/C18H28N6O2S.HI/c1-14(10-11-27(4,25)26)21-18(19-12-16-8-6-5-7-9-16)20-13-17-23-22-15(2)24(17)3;/h5-9,14H,10-13H2,1-4H3,(H2,19,20,21);1H. The van der Waals surface area contributed by atoms with E-state index in [4.69, 9.17) is 0 Å². The minimum absolute atomic E-state index is 0. The van der Waals surface area contributed by atoms with E-state index in [1.807, 2.05) is 55.8 Å². The minimum atomic E-state index is -2.99. The second kappa shape index (κ2) is 11.3. The third-order valence-electron chi connectivity index (χ3n) is 4.16. The van der Waals surface area contributed by atoms with Crippen molar-refractivity contribution in [1.29, 1.82) is 0 Å². The maximum Gasteiger partial charge on any atom is 0.192 e. The summed E-state index contributed by atoms with van der Waals surface area (Å²) in [5, 5.41) is 14.7.